The summed E-state index contributed by atoms with van der Waals surface area (Å²) in [6.45, 7) is 2.58. The average molecular weight is 277 g/mol. The maximum absolute atomic E-state index is 5.96. The van der Waals surface area contributed by atoms with E-state index in [0.717, 1.165) is 12.1 Å². The van der Waals surface area contributed by atoms with Crippen LogP contribution in [0.5, 0.6) is 0 Å². The van der Waals surface area contributed by atoms with Crippen LogP contribution in [0.3, 0.4) is 0 Å². The van der Waals surface area contributed by atoms with Crippen LogP contribution in [0.2, 0.25) is 0 Å². The number of hydrogen-bond donors (Lipinski definition) is 0. The van der Waals surface area contributed by atoms with Gasteiger partial charge in [0.15, 0.2) is 0 Å². The van der Waals surface area contributed by atoms with Crippen molar-refractivity contribution in [2.45, 2.75) is 25.6 Å². The molecular formula is C15H19NO2S. The Hall–Kier alpha value is -1.23. The van der Waals surface area contributed by atoms with E-state index in [9.17, 15) is 0 Å². The molecule has 4 heteroatoms. The number of rotatable bonds is 7. The zero-order chi connectivity index (χ0) is 13.5. The molecule has 0 fully saturated rings. The van der Waals surface area contributed by atoms with Crippen LogP contribution >= 0.6 is 11.3 Å². The second-order valence-electron chi connectivity index (χ2n) is 4.47. The molecular weight excluding hydrogens is 258 g/mol. The van der Waals surface area contributed by atoms with Crippen LogP contribution in [-0.2, 0) is 15.9 Å². The van der Waals surface area contributed by atoms with E-state index in [1.165, 1.54) is 5.56 Å². The Balaban J connectivity index is 2.02. The molecule has 0 amide bonds. The second kappa shape index (κ2) is 7.38. The Morgan fingerprint density at radius 1 is 1.26 bits per heavy atom. The summed E-state index contributed by atoms with van der Waals surface area (Å²) >= 11 is 1.60. The Bertz CT molecular complexity index is 458. The van der Waals surface area contributed by atoms with Crippen molar-refractivity contribution >= 4 is 11.3 Å². The number of thiazole rings is 1. The molecule has 1 aromatic carbocycles. The predicted octanol–water partition coefficient (Wildman–Crippen LogP) is 3.48. The van der Waals surface area contributed by atoms with Crippen molar-refractivity contribution in [3.05, 3.63) is 52.5 Å². The molecule has 2 rings (SSSR count). The summed E-state index contributed by atoms with van der Waals surface area (Å²) in [6, 6.07) is 10.3. The topological polar surface area (TPSA) is 31.4 Å². The van der Waals surface area contributed by atoms with E-state index in [0.29, 0.717) is 6.61 Å². The minimum Gasteiger partial charge on any atom is -0.379 e. The van der Waals surface area contributed by atoms with Crippen molar-refractivity contribution in [3.63, 3.8) is 0 Å². The van der Waals surface area contributed by atoms with Gasteiger partial charge >= 0.3 is 0 Å². The molecule has 0 N–H and O–H groups in total. The molecule has 0 aliphatic heterocycles. The molecule has 0 spiro atoms. The summed E-state index contributed by atoms with van der Waals surface area (Å²) in [6.07, 6.45) is 0.921. The van der Waals surface area contributed by atoms with Crippen LogP contribution in [0.15, 0.2) is 41.2 Å². The van der Waals surface area contributed by atoms with Crippen molar-refractivity contribution in [3.8, 4) is 0 Å². The number of benzene rings is 1. The lowest BCUT2D eigenvalue weighted by molar-refractivity contribution is -0.0220. The fourth-order valence-corrected chi connectivity index (χ4v) is 2.37. The average Bonchev–Trinajstić information content (AvgIpc) is 2.98. The highest BCUT2D eigenvalue weighted by Gasteiger charge is 2.16. The second-order valence-corrected chi connectivity index (χ2v) is 5.19. The first-order valence-electron chi connectivity index (χ1n) is 6.36. The standard InChI is InChI=1S/C15H19NO2S/c1-12(17-2)9-18-15(14-10-19-11-16-14)8-13-6-4-3-5-7-13/h3-7,10-12,15H,8-9H2,1-2H3. The van der Waals surface area contributed by atoms with Crippen LogP contribution in [0.1, 0.15) is 24.3 Å². The number of aromatic nitrogens is 1. The Kier molecular flexibility index (Phi) is 5.51. The highest BCUT2D eigenvalue weighted by molar-refractivity contribution is 7.07. The van der Waals surface area contributed by atoms with Gasteiger partial charge in [-0.1, -0.05) is 30.3 Å². The van der Waals surface area contributed by atoms with Crippen LogP contribution in [-0.4, -0.2) is 24.8 Å². The molecule has 1 aromatic heterocycles. The number of methoxy groups -OCH3 is 1. The fourth-order valence-electron chi connectivity index (χ4n) is 1.78. The van der Waals surface area contributed by atoms with E-state index < -0.39 is 0 Å². The van der Waals surface area contributed by atoms with Crippen molar-refractivity contribution in [1.29, 1.82) is 0 Å². The van der Waals surface area contributed by atoms with Crippen LogP contribution in [0.4, 0.5) is 0 Å². The van der Waals surface area contributed by atoms with Crippen molar-refractivity contribution in [1.82, 2.24) is 4.98 Å². The summed E-state index contributed by atoms with van der Waals surface area (Å²) in [5, 5.41) is 2.05. The number of nitrogens with zero attached hydrogens (tertiary/aromatic N) is 1. The maximum atomic E-state index is 5.96. The van der Waals surface area contributed by atoms with Gasteiger partial charge in [0.25, 0.3) is 0 Å². The molecule has 2 aromatic rings. The van der Waals surface area contributed by atoms with E-state index >= 15 is 0 Å². The largest absolute Gasteiger partial charge is 0.379 e. The van der Waals surface area contributed by atoms with Crippen molar-refractivity contribution < 1.29 is 9.47 Å². The lowest BCUT2D eigenvalue weighted by Crippen LogP contribution is -2.18. The van der Waals surface area contributed by atoms with Gasteiger partial charge in [0.05, 0.1) is 23.9 Å². The first-order valence-corrected chi connectivity index (χ1v) is 7.30. The highest BCUT2D eigenvalue weighted by Crippen LogP contribution is 2.22. The van der Waals surface area contributed by atoms with Gasteiger partial charge in [-0.15, -0.1) is 11.3 Å². The monoisotopic (exact) mass is 277 g/mol. The molecule has 0 aliphatic rings. The SMILES string of the molecule is COC(C)COC(Cc1ccccc1)c1cscn1. The lowest BCUT2D eigenvalue weighted by Gasteiger charge is -2.18. The Morgan fingerprint density at radius 2 is 2.05 bits per heavy atom. The van der Waals surface area contributed by atoms with Gasteiger partial charge in [0, 0.05) is 18.9 Å². The van der Waals surface area contributed by atoms with E-state index in [1.54, 1.807) is 18.4 Å². The van der Waals surface area contributed by atoms with Gasteiger partial charge in [-0.05, 0) is 12.5 Å². The minimum absolute atomic E-state index is 0.00810. The van der Waals surface area contributed by atoms with Gasteiger partial charge in [-0.3, -0.25) is 0 Å². The molecule has 0 saturated heterocycles. The summed E-state index contributed by atoms with van der Waals surface area (Å²) < 4.78 is 11.2. The van der Waals surface area contributed by atoms with Gasteiger partial charge in [0.2, 0.25) is 0 Å². The zero-order valence-corrected chi connectivity index (χ0v) is 12.1. The van der Waals surface area contributed by atoms with Crippen LogP contribution < -0.4 is 0 Å². The molecule has 0 aliphatic carbocycles. The third kappa shape index (κ3) is 4.42. The van der Waals surface area contributed by atoms with E-state index in [4.69, 9.17) is 9.47 Å². The fraction of sp³-hybridized carbons (Fsp3) is 0.400. The molecule has 2 unspecified atom stereocenters. The predicted molar refractivity (Wildman–Crippen MR) is 77.4 cm³/mol. The molecule has 1 heterocycles. The first kappa shape index (κ1) is 14.2. The molecule has 3 nitrogen and oxygen atoms in total. The normalized spacial score (nSPS) is 14.2. The summed E-state index contributed by atoms with van der Waals surface area (Å²) in [5.74, 6) is 0. The molecule has 19 heavy (non-hydrogen) atoms. The minimum atomic E-state index is -0.00810. The maximum Gasteiger partial charge on any atom is 0.104 e. The van der Waals surface area contributed by atoms with Gasteiger partial charge in [0.1, 0.15) is 6.10 Å². The first-order chi connectivity index (χ1) is 9.29. The quantitative estimate of drug-likeness (QED) is 0.776. The summed E-state index contributed by atoms with van der Waals surface area (Å²) in [4.78, 5) is 4.37. The number of ether oxygens (including phenoxy) is 2. The molecule has 0 radical (unpaired) electrons. The summed E-state index contributed by atoms with van der Waals surface area (Å²) in [5.41, 5.74) is 4.10. The molecule has 2 atom stereocenters. The molecule has 0 saturated carbocycles. The summed E-state index contributed by atoms with van der Waals surface area (Å²) in [7, 11) is 1.70. The van der Waals surface area contributed by atoms with Crippen molar-refractivity contribution in [2.24, 2.45) is 0 Å². The Morgan fingerprint density at radius 3 is 2.68 bits per heavy atom. The number of hydrogen-bond acceptors (Lipinski definition) is 4. The van der Waals surface area contributed by atoms with E-state index in [2.05, 4.69) is 17.1 Å². The van der Waals surface area contributed by atoms with Gasteiger partial charge in [-0.25, -0.2) is 4.98 Å². The highest BCUT2D eigenvalue weighted by atomic mass is 32.1. The Labute approximate surface area is 118 Å². The smallest absolute Gasteiger partial charge is 0.104 e. The third-order valence-electron chi connectivity index (χ3n) is 2.98. The molecule has 0 bridgehead atoms. The van der Waals surface area contributed by atoms with Crippen molar-refractivity contribution in [2.75, 3.05) is 13.7 Å². The van der Waals surface area contributed by atoms with E-state index in [-0.39, 0.29) is 12.2 Å². The zero-order valence-electron chi connectivity index (χ0n) is 11.3. The molecule has 102 valence electrons. The van der Waals surface area contributed by atoms with Crippen LogP contribution in [0.25, 0.3) is 0 Å². The van der Waals surface area contributed by atoms with Crippen LogP contribution in [0, 0.1) is 0 Å². The van der Waals surface area contributed by atoms with Gasteiger partial charge in [-0.2, -0.15) is 0 Å². The van der Waals surface area contributed by atoms with E-state index in [1.807, 2.05) is 36.0 Å². The van der Waals surface area contributed by atoms with Gasteiger partial charge < -0.3 is 9.47 Å². The lowest BCUT2D eigenvalue weighted by atomic mass is 10.1. The third-order valence-corrected chi connectivity index (χ3v) is 3.58.